The zero-order chi connectivity index (χ0) is 15.1. The number of nitrogens with zero attached hydrogens (tertiary/aromatic N) is 1. The Morgan fingerprint density at radius 2 is 2.00 bits per heavy atom. The van der Waals surface area contributed by atoms with Crippen LogP contribution in [0.5, 0.6) is 0 Å². The summed E-state index contributed by atoms with van der Waals surface area (Å²) >= 11 is 0. The Bertz CT molecular complexity index is 584. The largest absolute Gasteiger partial charge is 0.351 e. The van der Waals surface area contributed by atoms with Gasteiger partial charge in [0.25, 0.3) is 0 Å². The molecule has 1 aromatic heterocycles. The number of benzene rings is 1. The molecule has 1 aromatic carbocycles. The molecular formula is C17H21N3O. The highest BCUT2D eigenvalue weighted by molar-refractivity contribution is 5.81. The molecule has 110 valence electrons. The molecule has 4 nitrogen and oxygen atoms in total. The molecule has 1 heterocycles. The maximum atomic E-state index is 12.1. The number of aryl methyl sites for hydroxylation is 1. The summed E-state index contributed by atoms with van der Waals surface area (Å²) in [5.41, 5.74) is 9.30. The third-order valence-electron chi connectivity index (χ3n) is 3.47. The van der Waals surface area contributed by atoms with E-state index >= 15 is 0 Å². The maximum Gasteiger partial charge on any atom is 0.237 e. The molecule has 1 atom stereocenters. The second-order valence-corrected chi connectivity index (χ2v) is 5.01. The molecule has 2 rings (SSSR count). The number of rotatable bonds is 6. The minimum absolute atomic E-state index is 0.134. The number of nitrogens with one attached hydrogen (secondary N) is 1. The van der Waals surface area contributed by atoms with Crippen LogP contribution in [0.25, 0.3) is 0 Å². The fourth-order valence-corrected chi connectivity index (χ4v) is 2.25. The lowest BCUT2D eigenvalue weighted by atomic mass is 10.0. The Morgan fingerprint density at radius 3 is 2.67 bits per heavy atom. The molecule has 1 amide bonds. The van der Waals surface area contributed by atoms with Crippen LogP contribution in [0.3, 0.4) is 0 Å². The fraction of sp³-hybridized carbons (Fsp3) is 0.294. The zero-order valence-electron chi connectivity index (χ0n) is 12.3. The predicted molar refractivity (Wildman–Crippen MR) is 83.6 cm³/mol. The monoisotopic (exact) mass is 283 g/mol. The van der Waals surface area contributed by atoms with Crippen LogP contribution < -0.4 is 11.1 Å². The molecule has 0 bridgehead atoms. The summed E-state index contributed by atoms with van der Waals surface area (Å²) in [5.74, 6) is -0.134. The Balaban J connectivity index is 1.89. The first-order valence-electron chi connectivity index (χ1n) is 7.19. The second kappa shape index (κ2) is 7.55. The van der Waals surface area contributed by atoms with Crippen LogP contribution in [0.2, 0.25) is 0 Å². The molecule has 2 aromatic rings. The number of nitrogens with two attached hydrogens (primary N) is 1. The van der Waals surface area contributed by atoms with Gasteiger partial charge in [-0.3, -0.25) is 9.78 Å². The van der Waals surface area contributed by atoms with E-state index < -0.39 is 6.04 Å². The minimum atomic E-state index is -0.553. The average Bonchev–Trinajstić information content (AvgIpc) is 2.53. The van der Waals surface area contributed by atoms with Crippen LogP contribution >= 0.6 is 0 Å². The van der Waals surface area contributed by atoms with E-state index in [1.54, 1.807) is 12.4 Å². The first-order valence-corrected chi connectivity index (χ1v) is 7.19. The van der Waals surface area contributed by atoms with Crippen molar-refractivity contribution < 1.29 is 4.79 Å². The third-order valence-corrected chi connectivity index (χ3v) is 3.47. The number of hydrogen-bond donors (Lipinski definition) is 2. The molecule has 4 heteroatoms. The van der Waals surface area contributed by atoms with Crippen LogP contribution in [0.4, 0.5) is 0 Å². The van der Waals surface area contributed by atoms with Gasteiger partial charge in [-0.25, -0.2) is 0 Å². The van der Waals surface area contributed by atoms with Gasteiger partial charge in [0.1, 0.15) is 0 Å². The van der Waals surface area contributed by atoms with Crippen molar-refractivity contribution >= 4 is 5.91 Å². The van der Waals surface area contributed by atoms with Gasteiger partial charge in [0.05, 0.1) is 6.04 Å². The van der Waals surface area contributed by atoms with E-state index in [0.29, 0.717) is 13.0 Å². The van der Waals surface area contributed by atoms with Gasteiger partial charge in [-0.05, 0) is 35.6 Å². The lowest BCUT2D eigenvalue weighted by molar-refractivity contribution is -0.122. The summed E-state index contributed by atoms with van der Waals surface area (Å²) in [4.78, 5) is 16.1. The van der Waals surface area contributed by atoms with Gasteiger partial charge in [0, 0.05) is 18.9 Å². The Hall–Kier alpha value is -2.20. The summed E-state index contributed by atoms with van der Waals surface area (Å²) in [7, 11) is 0. The van der Waals surface area contributed by atoms with Gasteiger partial charge in [-0.15, -0.1) is 0 Å². The molecule has 0 unspecified atom stereocenters. The minimum Gasteiger partial charge on any atom is -0.351 e. The van der Waals surface area contributed by atoms with Gasteiger partial charge in [0.15, 0.2) is 0 Å². The number of pyridine rings is 1. The number of carbonyl (C=O) groups is 1. The standard InChI is InChI=1S/C17H21N3O/c1-2-14-7-3-4-8-15(14)12-20-17(21)16(18)10-13-6-5-9-19-11-13/h3-9,11,16H,2,10,12,18H2,1H3,(H,20,21)/t16-/m1/s1. The number of aromatic nitrogens is 1. The molecule has 0 saturated heterocycles. The summed E-state index contributed by atoms with van der Waals surface area (Å²) < 4.78 is 0. The molecule has 0 aliphatic rings. The lowest BCUT2D eigenvalue weighted by Crippen LogP contribution is -2.41. The van der Waals surface area contributed by atoms with Gasteiger partial charge < -0.3 is 11.1 Å². The molecule has 0 radical (unpaired) electrons. The quantitative estimate of drug-likeness (QED) is 0.850. The molecule has 21 heavy (non-hydrogen) atoms. The van der Waals surface area contributed by atoms with Crippen molar-refractivity contribution in [2.45, 2.75) is 32.4 Å². The van der Waals surface area contributed by atoms with Crippen molar-refractivity contribution in [1.82, 2.24) is 10.3 Å². The maximum absolute atomic E-state index is 12.1. The number of carbonyl (C=O) groups excluding carboxylic acids is 1. The Labute approximate surface area is 125 Å². The first-order chi connectivity index (χ1) is 10.2. The van der Waals surface area contributed by atoms with E-state index in [1.807, 2.05) is 30.3 Å². The van der Waals surface area contributed by atoms with Crippen LogP contribution in [-0.4, -0.2) is 16.9 Å². The summed E-state index contributed by atoms with van der Waals surface area (Å²) in [6.45, 7) is 2.62. The van der Waals surface area contributed by atoms with Crippen molar-refractivity contribution in [3.63, 3.8) is 0 Å². The molecular weight excluding hydrogens is 262 g/mol. The summed E-state index contributed by atoms with van der Waals surface area (Å²) in [6, 6.07) is 11.3. The Kier molecular flexibility index (Phi) is 5.46. The predicted octanol–water partition coefficient (Wildman–Crippen LogP) is 1.83. The van der Waals surface area contributed by atoms with Gasteiger partial charge in [-0.2, -0.15) is 0 Å². The highest BCUT2D eigenvalue weighted by atomic mass is 16.2. The van der Waals surface area contributed by atoms with Crippen LogP contribution in [0, 0.1) is 0 Å². The normalized spacial score (nSPS) is 11.9. The zero-order valence-corrected chi connectivity index (χ0v) is 12.3. The van der Waals surface area contributed by atoms with E-state index in [9.17, 15) is 4.79 Å². The summed E-state index contributed by atoms with van der Waals surface area (Å²) in [5, 5.41) is 2.91. The van der Waals surface area contributed by atoms with Crippen molar-refractivity contribution in [1.29, 1.82) is 0 Å². The van der Waals surface area contributed by atoms with E-state index in [2.05, 4.69) is 23.3 Å². The van der Waals surface area contributed by atoms with E-state index in [4.69, 9.17) is 5.73 Å². The SMILES string of the molecule is CCc1ccccc1CNC(=O)[C@H](N)Cc1cccnc1. The van der Waals surface area contributed by atoms with E-state index in [0.717, 1.165) is 17.5 Å². The van der Waals surface area contributed by atoms with Gasteiger partial charge >= 0.3 is 0 Å². The average molecular weight is 283 g/mol. The molecule has 0 fully saturated rings. The van der Waals surface area contributed by atoms with Crippen LogP contribution in [0.1, 0.15) is 23.6 Å². The second-order valence-electron chi connectivity index (χ2n) is 5.01. The number of hydrogen-bond acceptors (Lipinski definition) is 3. The van der Waals surface area contributed by atoms with Gasteiger partial charge in [-0.1, -0.05) is 37.3 Å². The van der Waals surface area contributed by atoms with Crippen molar-refractivity contribution in [2.24, 2.45) is 5.73 Å². The van der Waals surface area contributed by atoms with Crippen LogP contribution in [0.15, 0.2) is 48.8 Å². The van der Waals surface area contributed by atoms with Crippen LogP contribution in [-0.2, 0) is 24.2 Å². The molecule has 3 N–H and O–H groups in total. The molecule has 0 aliphatic heterocycles. The first kappa shape index (κ1) is 15.2. The van der Waals surface area contributed by atoms with E-state index in [-0.39, 0.29) is 5.91 Å². The third kappa shape index (κ3) is 4.39. The molecule has 0 aliphatic carbocycles. The fourth-order valence-electron chi connectivity index (χ4n) is 2.25. The van der Waals surface area contributed by atoms with E-state index in [1.165, 1.54) is 5.56 Å². The van der Waals surface area contributed by atoms with Gasteiger partial charge in [0.2, 0.25) is 5.91 Å². The van der Waals surface area contributed by atoms with Crippen molar-refractivity contribution in [2.75, 3.05) is 0 Å². The lowest BCUT2D eigenvalue weighted by Gasteiger charge is -2.13. The van der Waals surface area contributed by atoms with Crippen molar-refractivity contribution in [3.05, 3.63) is 65.5 Å². The molecule has 0 saturated carbocycles. The number of amides is 1. The Morgan fingerprint density at radius 1 is 1.24 bits per heavy atom. The highest BCUT2D eigenvalue weighted by Gasteiger charge is 2.14. The summed E-state index contributed by atoms with van der Waals surface area (Å²) in [6.07, 6.45) is 4.89. The highest BCUT2D eigenvalue weighted by Crippen LogP contribution is 2.09. The molecule has 0 spiro atoms. The topological polar surface area (TPSA) is 68.0 Å². The smallest absolute Gasteiger partial charge is 0.237 e. The van der Waals surface area contributed by atoms with Crippen molar-refractivity contribution in [3.8, 4) is 0 Å².